The van der Waals surface area contributed by atoms with Crippen LogP contribution in [0.25, 0.3) is 0 Å². The molecule has 0 aliphatic heterocycles. The zero-order valence-electron chi connectivity index (χ0n) is 16.6. The molecule has 0 aliphatic carbocycles. The Kier molecular flexibility index (Phi) is 10.9. The SMILES string of the molecule is CCCCCCCCP(Cl)(CC(C)C)(CC(C)C)CC(C)C. The molecule has 0 radical (unpaired) electrons. The molecule has 0 aromatic rings. The second kappa shape index (κ2) is 10.6. The monoisotopic (exact) mass is 350 g/mol. The van der Waals surface area contributed by atoms with Gasteiger partial charge in [-0.15, -0.1) is 0 Å². The van der Waals surface area contributed by atoms with Gasteiger partial charge in [-0.1, -0.05) is 0 Å². The van der Waals surface area contributed by atoms with E-state index in [9.17, 15) is 0 Å². The fourth-order valence-corrected chi connectivity index (χ4v) is 14.8. The molecule has 0 unspecified atom stereocenters. The number of hydrogen-bond acceptors (Lipinski definition) is 0. The first-order chi connectivity index (χ1) is 10.1. The van der Waals surface area contributed by atoms with Gasteiger partial charge in [0.25, 0.3) is 0 Å². The number of hydrogen-bond donors (Lipinski definition) is 0. The molecule has 0 N–H and O–H groups in total. The predicted molar refractivity (Wildman–Crippen MR) is 110 cm³/mol. The van der Waals surface area contributed by atoms with Crippen molar-refractivity contribution in [1.29, 1.82) is 0 Å². The third kappa shape index (κ3) is 9.77. The first kappa shape index (κ1) is 22.7. The molecule has 0 nitrogen and oxygen atoms in total. The van der Waals surface area contributed by atoms with Crippen molar-refractivity contribution in [1.82, 2.24) is 0 Å². The van der Waals surface area contributed by atoms with Crippen LogP contribution in [0.3, 0.4) is 0 Å². The molecule has 0 aromatic heterocycles. The third-order valence-electron chi connectivity index (χ3n) is 4.53. The summed E-state index contributed by atoms with van der Waals surface area (Å²) in [5.74, 6) is 0.118. The average Bonchev–Trinajstić information content (AvgIpc) is 2.30. The first-order valence-electron chi connectivity index (χ1n) is 9.83. The van der Waals surface area contributed by atoms with Crippen LogP contribution in [0, 0.1) is 17.8 Å². The van der Waals surface area contributed by atoms with Crippen LogP contribution in [0.2, 0.25) is 0 Å². The van der Waals surface area contributed by atoms with Gasteiger partial charge in [0.2, 0.25) is 0 Å². The van der Waals surface area contributed by atoms with Crippen molar-refractivity contribution in [2.75, 3.05) is 24.6 Å². The first-order valence-corrected chi connectivity index (χ1v) is 13.7. The Hall–Kier alpha value is 0.720. The van der Waals surface area contributed by atoms with Gasteiger partial charge in [-0.2, -0.15) is 0 Å². The summed E-state index contributed by atoms with van der Waals surface area (Å²) in [6, 6.07) is 0. The molecule has 0 saturated carbocycles. The van der Waals surface area contributed by atoms with Crippen molar-refractivity contribution in [2.45, 2.75) is 87.0 Å². The van der Waals surface area contributed by atoms with Crippen molar-refractivity contribution in [2.24, 2.45) is 17.8 Å². The fraction of sp³-hybridized carbons (Fsp3) is 1.00. The van der Waals surface area contributed by atoms with Crippen LogP contribution in [0.5, 0.6) is 0 Å². The second-order valence-electron chi connectivity index (χ2n) is 9.04. The average molecular weight is 351 g/mol. The zero-order chi connectivity index (χ0) is 17.3. The summed E-state index contributed by atoms with van der Waals surface area (Å²) >= 11 is 7.65. The van der Waals surface area contributed by atoms with Gasteiger partial charge in [0, 0.05) is 0 Å². The normalized spacial score (nSPS) is 14.8. The standard InChI is InChI=1S/C20H44ClP/c1-8-9-10-11-12-13-14-22(21,15-18(2)3,16-19(4)5)17-20(6)7/h18-20H,8-17H2,1-7H3. The van der Waals surface area contributed by atoms with Crippen LogP contribution >= 0.6 is 17.2 Å². The molecule has 22 heavy (non-hydrogen) atoms. The Bertz CT molecular complexity index is 254. The van der Waals surface area contributed by atoms with E-state index in [0.29, 0.717) is 0 Å². The molecular weight excluding hydrogens is 307 g/mol. The van der Waals surface area contributed by atoms with E-state index in [-0.39, 0.29) is 0 Å². The van der Waals surface area contributed by atoms with Crippen molar-refractivity contribution in [3.8, 4) is 0 Å². The molecule has 0 atom stereocenters. The Morgan fingerprint density at radius 2 is 1.00 bits per heavy atom. The van der Waals surface area contributed by atoms with Gasteiger partial charge in [0.05, 0.1) is 0 Å². The molecule has 0 aliphatic rings. The van der Waals surface area contributed by atoms with Gasteiger partial charge in [-0.3, -0.25) is 0 Å². The van der Waals surface area contributed by atoms with Gasteiger partial charge in [0.1, 0.15) is 0 Å². The van der Waals surface area contributed by atoms with Crippen LogP contribution in [0.4, 0.5) is 0 Å². The van der Waals surface area contributed by atoms with Gasteiger partial charge >= 0.3 is 147 Å². The summed E-state index contributed by atoms with van der Waals surface area (Å²) in [7, 11) is 0. The van der Waals surface area contributed by atoms with Crippen LogP contribution in [-0.4, -0.2) is 24.6 Å². The quantitative estimate of drug-likeness (QED) is 0.233. The summed E-state index contributed by atoms with van der Waals surface area (Å²) in [4.78, 5) is 0. The van der Waals surface area contributed by atoms with Crippen LogP contribution in [0.1, 0.15) is 87.0 Å². The van der Waals surface area contributed by atoms with Gasteiger partial charge in [0.15, 0.2) is 0 Å². The van der Waals surface area contributed by atoms with Crippen LogP contribution < -0.4 is 0 Å². The van der Waals surface area contributed by atoms with E-state index < -0.39 is 5.96 Å². The van der Waals surface area contributed by atoms with E-state index in [2.05, 4.69) is 48.5 Å². The van der Waals surface area contributed by atoms with E-state index in [0.717, 1.165) is 17.8 Å². The molecule has 0 fully saturated rings. The van der Waals surface area contributed by atoms with Gasteiger partial charge in [-0.25, -0.2) is 0 Å². The molecule has 0 saturated heterocycles. The van der Waals surface area contributed by atoms with Crippen LogP contribution in [-0.2, 0) is 0 Å². The molecule has 0 rings (SSSR count). The minimum absolute atomic E-state index is 0.729. The zero-order valence-corrected chi connectivity index (χ0v) is 18.3. The number of unbranched alkanes of at least 4 members (excludes halogenated alkanes) is 5. The molecule has 0 heterocycles. The van der Waals surface area contributed by atoms with Gasteiger partial charge < -0.3 is 0 Å². The fourth-order valence-electron chi connectivity index (χ4n) is 4.52. The molecule has 0 spiro atoms. The maximum atomic E-state index is 7.65. The van der Waals surface area contributed by atoms with E-state index in [1.807, 2.05) is 0 Å². The Balaban J connectivity index is 4.86. The number of halogens is 1. The molecule has 136 valence electrons. The summed E-state index contributed by atoms with van der Waals surface area (Å²) < 4.78 is 0. The molecule has 0 aromatic carbocycles. The van der Waals surface area contributed by atoms with Gasteiger partial charge in [-0.05, 0) is 0 Å². The third-order valence-corrected chi connectivity index (χ3v) is 12.6. The van der Waals surface area contributed by atoms with E-state index in [1.54, 1.807) is 0 Å². The molecule has 0 bridgehead atoms. The topological polar surface area (TPSA) is 0 Å². The summed E-state index contributed by atoms with van der Waals surface area (Å²) in [5.41, 5.74) is 0. The molecular formula is C20H44ClP. The molecule has 0 amide bonds. The Morgan fingerprint density at radius 3 is 1.36 bits per heavy atom. The second-order valence-corrected chi connectivity index (χ2v) is 17.1. The van der Waals surface area contributed by atoms with Crippen molar-refractivity contribution in [3.63, 3.8) is 0 Å². The summed E-state index contributed by atoms with van der Waals surface area (Å²) in [6.45, 7) is 16.5. The van der Waals surface area contributed by atoms with Crippen molar-refractivity contribution < 1.29 is 0 Å². The summed E-state index contributed by atoms with van der Waals surface area (Å²) in [6.07, 6.45) is 13.5. The van der Waals surface area contributed by atoms with Crippen LogP contribution in [0.15, 0.2) is 0 Å². The van der Waals surface area contributed by atoms with E-state index in [4.69, 9.17) is 11.2 Å². The Labute approximate surface area is 146 Å². The van der Waals surface area contributed by atoms with E-state index >= 15 is 0 Å². The van der Waals surface area contributed by atoms with Crippen molar-refractivity contribution in [3.05, 3.63) is 0 Å². The maximum absolute atomic E-state index is 7.65. The van der Waals surface area contributed by atoms with E-state index in [1.165, 1.54) is 63.2 Å². The number of rotatable bonds is 13. The van der Waals surface area contributed by atoms with Crippen molar-refractivity contribution >= 4 is 17.2 Å². The summed E-state index contributed by atoms with van der Waals surface area (Å²) in [5, 5.41) is 0. The minimum atomic E-state index is -2.07. The molecule has 2 heteroatoms. The predicted octanol–water partition coefficient (Wildman–Crippen LogP) is 8.02. The Morgan fingerprint density at radius 1 is 0.636 bits per heavy atom.